The summed E-state index contributed by atoms with van der Waals surface area (Å²) in [5, 5.41) is 3.09. The third-order valence-electron chi connectivity index (χ3n) is 5.41. The van der Waals surface area contributed by atoms with Gasteiger partial charge in [0, 0.05) is 19.1 Å². The SMILES string of the molecule is Cc1ccc(F)c(S(=O)(=O)N2CCCC(C(=O)NC3CCCCC3)C2)c1. The molecule has 1 heterocycles. The van der Waals surface area contributed by atoms with E-state index in [9.17, 15) is 17.6 Å². The zero-order valence-electron chi connectivity index (χ0n) is 15.2. The lowest BCUT2D eigenvalue weighted by Gasteiger charge is -2.33. The van der Waals surface area contributed by atoms with Gasteiger partial charge < -0.3 is 5.32 Å². The summed E-state index contributed by atoms with van der Waals surface area (Å²) in [5.41, 5.74) is 0.688. The van der Waals surface area contributed by atoms with E-state index in [1.54, 1.807) is 13.0 Å². The van der Waals surface area contributed by atoms with Crippen LogP contribution in [0.1, 0.15) is 50.5 Å². The number of nitrogens with one attached hydrogen (secondary N) is 1. The Labute approximate surface area is 155 Å². The van der Waals surface area contributed by atoms with Gasteiger partial charge in [-0.1, -0.05) is 25.3 Å². The van der Waals surface area contributed by atoms with Crippen LogP contribution < -0.4 is 5.32 Å². The Hall–Kier alpha value is -1.47. The second-order valence-electron chi connectivity index (χ2n) is 7.48. The molecule has 1 aliphatic heterocycles. The molecule has 1 atom stereocenters. The van der Waals surface area contributed by atoms with Crippen molar-refractivity contribution in [3.8, 4) is 0 Å². The summed E-state index contributed by atoms with van der Waals surface area (Å²) in [7, 11) is -3.94. The smallest absolute Gasteiger partial charge is 0.246 e. The van der Waals surface area contributed by atoms with Crippen molar-refractivity contribution in [2.24, 2.45) is 5.92 Å². The van der Waals surface area contributed by atoms with Gasteiger partial charge in [-0.25, -0.2) is 12.8 Å². The number of sulfonamides is 1. The molecule has 0 spiro atoms. The molecule has 0 radical (unpaired) electrons. The fraction of sp³-hybridized carbons (Fsp3) is 0.632. The lowest BCUT2D eigenvalue weighted by Crippen LogP contribution is -2.48. The van der Waals surface area contributed by atoms with Gasteiger partial charge in [-0.15, -0.1) is 0 Å². The average Bonchev–Trinajstić information content (AvgIpc) is 2.64. The number of nitrogens with zero attached hydrogens (tertiary/aromatic N) is 1. The number of carbonyl (C=O) groups excluding carboxylic acids is 1. The van der Waals surface area contributed by atoms with Crippen LogP contribution >= 0.6 is 0 Å². The predicted octanol–water partition coefficient (Wildman–Crippen LogP) is 2.98. The fourth-order valence-corrected chi connectivity index (χ4v) is 5.56. The molecule has 1 amide bonds. The molecule has 2 aliphatic rings. The summed E-state index contributed by atoms with van der Waals surface area (Å²) in [6.45, 7) is 2.17. The Kier molecular flexibility index (Phi) is 5.97. The van der Waals surface area contributed by atoms with Crippen LogP contribution in [0.15, 0.2) is 23.1 Å². The van der Waals surface area contributed by atoms with Crippen LogP contribution in [0.2, 0.25) is 0 Å². The van der Waals surface area contributed by atoms with Gasteiger partial charge in [0.25, 0.3) is 0 Å². The van der Waals surface area contributed by atoms with Gasteiger partial charge >= 0.3 is 0 Å². The molecular weight excluding hydrogens is 355 g/mol. The second kappa shape index (κ2) is 8.05. The Morgan fingerprint density at radius 3 is 2.62 bits per heavy atom. The summed E-state index contributed by atoms with van der Waals surface area (Å²) in [4.78, 5) is 12.3. The van der Waals surface area contributed by atoms with Crippen LogP contribution in [-0.4, -0.2) is 37.8 Å². The molecule has 1 aromatic rings. The van der Waals surface area contributed by atoms with E-state index in [1.807, 2.05) is 0 Å². The van der Waals surface area contributed by atoms with Crippen LogP contribution in [0, 0.1) is 18.7 Å². The maximum absolute atomic E-state index is 14.1. The standard InChI is InChI=1S/C19H27FN2O3S/c1-14-9-10-17(20)18(12-14)26(24,25)22-11-5-6-15(13-22)19(23)21-16-7-3-2-4-8-16/h9-10,12,15-16H,2-8,11,13H2,1H3,(H,21,23). The third kappa shape index (κ3) is 4.26. The van der Waals surface area contributed by atoms with Crippen LogP contribution in [0.3, 0.4) is 0 Å². The largest absolute Gasteiger partial charge is 0.353 e. The first-order chi connectivity index (χ1) is 12.4. The summed E-state index contributed by atoms with van der Waals surface area (Å²) in [6, 6.07) is 4.29. The fourth-order valence-electron chi connectivity index (χ4n) is 3.89. The molecule has 0 bridgehead atoms. The minimum absolute atomic E-state index is 0.0680. The maximum atomic E-state index is 14.1. The summed E-state index contributed by atoms with van der Waals surface area (Å²) < 4.78 is 41.1. The number of rotatable bonds is 4. The Morgan fingerprint density at radius 2 is 1.88 bits per heavy atom. The Balaban J connectivity index is 1.71. The first kappa shape index (κ1) is 19.3. The lowest BCUT2D eigenvalue weighted by molar-refractivity contribution is -0.127. The van der Waals surface area contributed by atoms with Crippen molar-refractivity contribution in [2.45, 2.75) is 62.8 Å². The highest BCUT2D eigenvalue weighted by Crippen LogP contribution is 2.27. The summed E-state index contributed by atoms with van der Waals surface area (Å²) in [6.07, 6.45) is 6.73. The molecule has 1 unspecified atom stereocenters. The number of piperidine rings is 1. The van der Waals surface area contributed by atoms with Crippen molar-refractivity contribution in [1.82, 2.24) is 9.62 Å². The van der Waals surface area contributed by atoms with Crippen LogP contribution in [0.4, 0.5) is 4.39 Å². The molecule has 5 nitrogen and oxygen atoms in total. The zero-order valence-corrected chi connectivity index (χ0v) is 16.0. The number of hydrogen-bond acceptors (Lipinski definition) is 3. The summed E-state index contributed by atoms with van der Waals surface area (Å²) >= 11 is 0. The molecule has 1 saturated carbocycles. The molecule has 2 fully saturated rings. The molecular formula is C19H27FN2O3S. The van der Waals surface area contributed by atoms with E-state index in [0.717, 1.165) is 25.7 Å². The molecule has 1 N–H and O–H groups in total. The van der Waals surface area contributed by atoms with E-state index < -0.39 is 15.8 Å². The minimum atomic E-state index is -3.94. The molecule has 0 aromatic heterocycles. The monoisotopic (exact) mass is 382 g/mol. The first-order valence-corrected chi connectivity index (χ1v) is 10.9. The normalized spacial score (nSPS) is 22.9. The number of hydrogen-bond donors (Lipinski definition) is 1. The molecule has 3 rings (SSSR count). The van der Waals surface area contributed by atoms with Gasteiger partial charge in [-0.05, 0) is 50.3 Å². The average molecular weight is 383 g/mol. The quantitative estimate of drug-likeness (QED) is 0.871. The van der Waals surface area contributed by atoms with Crippen LogP contribution in [0.25, 0.3) is 0 Å². The minimum Gasteiger partial charge on any atom is -0.353 e. The van der Waals surface area contributed by atoms with Crippen molar-refractivity contribution in [3.05, 3.63) is 29.6 Å². The molecule has 1 aromatic carbocycles. The first-order valence-electron chi connectivity index (χ1n) is 9.44. The number of amides is 1. The van der Waals surface area contributed by atoms with Gasteiger partial charge in [0.15, 0.2) is 0 Å². The molecule has 1 saturated heterocycles. The van der Waals surface area contributed by atoms with Crippen LogP contribution in [-0.2, 0) is 14.8 Å². The third-order valence-corrected chi connectivity index (χ3v) is 7.29. The highest BCUT2D eigenvalue weighted by molar-refractivity contribution is 7.89. The zero-order chi connectivity index (χ0) is 18.7. The van der Waals surface area contributed by atoms with E-state index >= 15 is 0 Å². The van der Waals surface area contributed by atoms with Crippen molar-refractivity contribution in [3.63, 3.8) is 0 Å². The van der Waals surface area contributed by atoms with E-state index in [1.165, 1.54) is 22.9 Å². The number of aryl methyl sites for hydroxylation is 1. The maximum Gasteiger partial charge on any atom is 0.246 e. The van der Waals surface area contributed by atoms with Crippen molar-refractivity contribution >= 4 is 15.9 Å². The van der Waals surface area contributed by atoms with E-state index in [0.29, 0.717) is 24.9 Å². The molecule has 1 aliphatic carbocycles. The van der Waals surface area contributed by atoms with E-state index in [2.05, 4.69) is 5.32 Å². The Morgan fingerprint density at radius 1 is 1.15 bits per heavy atom. The van der Waals surface area contributed by atoms with Gasteiger partial charge in [0.05, 0.1) is 5.92 Å². The van der Waals surface area contributed by atoms with Crippen LogP contribution in [0.5, 0.6) is 0 Å². The molecule has 7 heteroatoms. The highest BCUT2D eigenvalue weighted by Gasteiger charge is 2.35. The number of halogens is 1. The van der Waals surface area contributed by atoms with E-state index in [4.69, 9.17) is 0 Å². The lowest BCUT2D eigenvalue weighted by atomic mass is 9.93. The second-order valence-corrected chi connectivity index (χ2v) is 9.39. The van der Waals surface area contributed by atoms with Gasteiger partial charge in [-0.3, -0.25) is 4.79 Å². The van der Waals surface area contributed by atoms with Crippen molar-refractivity contribution in [2.75, 3.05) is 13.1 Å². The highest BCUT2D eigenvalue weighted by atomic mass is 32.2. The molecule has 144 valence electrons. The van der Waals surface area contributed by atoms with Crippen molar-refractivity contribution < 1.29 is 17.6 Å². The molecule has 26 heavy (non-hydrogen) atoms. The summed E-state index contributed by atoms with van der Waals surface area (Å²) in [5.74, 6) is -1.18. The predicted molar refractivity (Wildman–Crippen MR) is 97.6 cm³/mol. The number of carbonyl (C=O) groups is 1. The van der Waals surface area contributed by atoms with Gasteiger partial charge in [-0.2, -0.15) is 4.31 Å². The number of benzene rings is 1. The van der Waals surface area contributed by atoms with Crippen molar-refractivity contribution in [1.29, 1.82) is 0 Å². The van der Waals surface area contributed by atoms with Gasteiger partial charge in [0.1, 0.15) is 10.7 Å². The van der Waals surface area contributed by atoms with Gasteiger partial charge in [0.2, 0.25) is 15.9 Å². The topological polar surface area (TPSA) is 66.5 Å². The van der Waals surface area contributed by atoms with E-state index in [-0.39, 0.29) is 29.3 Å². The Bertz CT molecular complexity index is 760.